The highest BCUT2D eigenvalue weighted by molar-refractivity contribution is 5.77. The minimum Gasteiger partial charge on any atom is -0.369 e. The standard InChI is InChI=1S/C10H19NO2/c1-10(2,3)8(9(11)13)6-4-5-7-12/h7-8H,4-6H2,1-3H3,(H2,11,13). The van der Waals surface area contributed by atoms with Crippen LogP contribution in [0.1, 0.15) is 40.0 Å². The summed E-state index contributed by atoms with van der Waals surface area (Å²) in [6, 6.07) is 0. The van der Waals surface area contributed by atoms with Crippen LogP contribution in [0.5, 0.6) is 0 Å². The van der Waals surface area contributed by atoms with Gasteiger partial charge in [0.1, 0.15) is 6.29 Å². The van der Waals surface area contributed by atoms with Crippen molar-refractivity contribution in [2.75, 3.05) is 0 Å². The van der Waals surface area contributed by atoms with Gasteiger partial charge in [-0.15, -0.1) is 0 Å². The molecule has 0 spiro atoms. The fourth-order valence-electron chi connectivity index (χ4n) is 1.41. The number of unbranched alkanes of at least 4 members (excludes halogenated alkanes) is 1. The average Bonchev–Trinajstić information content (AvgIpc) is 1.94. The van der Waals surface area contributed by atoms with Crippen LogP contribution in [-0.2, 0) is 9.59 Å². The highest BCUT2D eigenvalue weighted by Crippen LogP contribution is 2.29. The number of hydrogen-bond donors (Lipinski definition) is 1. The molecule has 1 atom stereocenters. The number of nitrogens with two attached hydrogens (primary N) is 1. The Kier molecular flexibility index (Phi) is 4.67. The summed E-state index contributed by atoms with van der Waals surface area (Å²) in [6.45, 7) is 5.97. The van der Waals surface area contributed by atoms with E-state index in [-0.39, 0.29) is 17.2 Å². The van der Waals surface area contributed by atoms with Gasteiger partial charge in [-0.05, 0) is 18.3 Å². The van der Waals surface area contributed by atoms with Gasteiger partial charge in [-0.1, -0.05) is 20.8 Å². The molecule has 76 valence electrons. The lowest BCUT2D eigenvalue weighted by Crippen LogP contribution is -2.33. The summed E-state index contributed by atoms with van der Waals surface area (Å²) in [5, 5.41) is 0. The Bertz CT molecular complexity index is 182. The first kappa shape index (κ1) is 12.1. The first-order valence-electron chi connectivity index (χ1n) is 4.62. The predicted octanol–water partition coefficient (Wildman–Crippen LogP) is 1.50. The summed E-state index contributed by atoms with van der Waals surface area (Å²) in [7, 11) is 0. The third-order valence-corrected chi connectivity index (χ3v) is 2.20. The van der Waals surface area contributed by atoms with Crippen molar-refractivity contribution in [3.63, 3.8) is 0 Å². The van der Waals surface area contributed by atoms with Crippen molar-refractivity contribution in [3.05, 3.63) is 0 Å². The smallest absolute Gasteiger partial charge is 0.221 e. The topological polar surface area (TPSA) is 60.2 Å². The maximum absolute atomic E-state index is 11.1. The van der Waals surface area contributed by atoms with Gasteiger partial charge in [-0.3, -0.25) is 4.79 Å². The molecular formula is C10H19NO2. The summed E-state index contributed by atoms with van der Waals surface area (Å²) < 4.78 is 0. The minimum absolute atomic E-state index is 0.102. The van der Waals surface area contributed by atoms with E-state index in [2.05, 4.69) is 0 Å². The molecule has 0 aromatic carbocycles. The van der Waals surface area contributed by atoms with Gasteiger partial charge in [-0.25, -0.2) is 0 Å². The van der Waals surface area contributed by atoms with Crippen LogP contribution in [0.15, 0.2) is 0 Å². The van der Waals surface area contributed by atoms with Gasteiger partial charge in [0.15, 0.2) is 0 Å². The Morgan fingerprint density at radius 1 is 1.46 bits per heavy atom. The van der Waals surface area contributed by atoms with E-state index in [0.29, 0.717) is 12.8 Å². The SMILES string of the molecule is CC(C)(C)C(CCCC=O)C(N)=O. The van der Waals surface area contributed by atoms with Gasteiger partial charge >= 0.3 is 0 Å². The molecular weight excluding hydrogens is 166 g/mol. The highest BCUT2D eigenvalue weighted by Gasteiger charge is 2.28. The van der Waals surface area contributed by atoms with Crippen LogP contribution in [0, 0.1) is 11.3 Å². The molecule has 0 heterocycles. The quantitative estimate of drug-likeness (QED) is 0.521. The lowest BCUT2D eigenvalue weighted by molar-refractivity contribution is -0.125. The minimum atomic E-state index is -0.265. The Hall–Kier alpha value is -0.860. The van der Waals surface area contributed by atoms with E-state index < -0.39 is 0 Å². The van der Waals surface area contributed by atoms with E-state index in [1.165, 1.54) is 0 Å². The van der Waals surface area contributed by atoms with E-state index in [1.54, 1.807) is 0 Å². The molecule has 0 aromatic heterocycles. The van der Waals surface area contributed by atoms with Gasteiger partial charge in [0.05, 0.1) is 0 Å². The van der Waals surface area contributed by atoms with E-state index in [1.807, 2.05) is 20.8 Å². The number of primary amides is 1. The normalized spacial score (nSPS) is 13.8. The van der Waals surface area contributed by atoms with Crippen molar-refractivity contribution in [1.29, 1.82) is 0 Å². The third-order valence-electron chi connectivity index (χ3n) is 2.20. The number of amides is 1. The van der Waals surface area contributed by atoms with E-state index in [4.69, 9.17) is 5.73 Å². The van der Waals surface area contributed by atoms with Crippen molar-refractivity contribution in [2.45, 2.75) is 40.0 Å². The summed E-state index contributed by atoms with van der Waals surface area (Å²) >= 11 is 0. The van der Waals surface area contributed by atoms with Gasteiger partial charge in [-0.2, -0.15) is 0 Å². The second-order valence-electron chi connectivity index (χ2n) is 4.42. The van der Waals surface area contributed by atoms with E-state index >= 15 is 0 Å². The van der Waals surface area contributed by atoms with Crippen LogP contribution >= 0.6 is 0 Å². The van der Waals surface area contributed by atoms with Crippen LogP contribution in [-0.4, -0.2) is 12.2 Å². The fourth-order valence-corrected chi connectivity index (χ4v) is 1.41. The maximum Gasteiger partial charge on any atom is 0.221 e. The lowest BCUT2D eigenvalue weighted by atomic mass is 9.77. The Labute approximate surface area is 79.7 Å². The van der Waals surface area contributed by atoms with Crippen molar-refractivity contribution in [2.24, 2.45) is 17.1 Å². The summed E-state index contributed by atoms with van der Waals surface area (Å²) in [5.74, 6) is -0.397. The first-order chi connectivity index (χ1) is 5.89. The molecule has 0 aliphatic rings. The van der Waals surface area contributed by atoms with Crippen LogP contribution in [0.4, 0.5) is 0 Å². The Balaban J connectivity index is 4.12. The summed E-state index contributed by atoms with van der Waals surface area (Å²) in [6.07, 6.45) is 2.84. The Morgan fingerprint density at radius 3 is 2.31 bits per heavy atom. The highest BCUT2D eigenvalue weighted by atomic mass is 16.1. The molecule has 0 radical (unpaired) electrons. The van der Waals surface area contributed by atoms with Crippen molar-refractivity contribution < 1.29 is 9.59 Å². The van der Waals surface area contributed by atoms with Crippen LogP contribution in [0.2, 0.25) is 0 Å². The molecule has 0 aliphatic carbocycles. The van der Waals surface area contributed by atoms with Crippen LogP contribution in [0.25, 0.3) is 0 Å². The number of aldehydes is 1. The Morgan fingerprint density at radius 2 is 2.00 bits per heavy atom. The zero-order chi connectivity index (χ0) is 10.5. The molecule has 0 fully saturated rings. The molecule has 1 unspecified atom stereocenters. The van der Waals surface area contributed by atoms with E-state index in [0.717, 1.165) is 12.7 Å². The summed E-state index contributed by atoms with van der Waals surface area (Å²) in [5.41, 5.74) is 5.18. The fraction of sp³-hybridized carbons (Fsp3) is 0.800. The molecule has 3 heteroatoms. The van der Waals surface area contributed by atoms with E-state index in [9.17, 15) is 9.59 Å². The average molecular weight is 185 g/mol. The third kappa shape index (κ3) is 4.65. The predicted molar refractivity (Wildman–Crippen MR) is 52.1 cm³/mol. The first-order valence-corrected chi connectivity index (χ1v) is 4.62. The molecule has 0 aliphatic heterocycles. The van der Waals surface area contributed by atoms with Gasteiger partial charge in [0.25, 0.3) is 0 Å². The molecule has 0 rings (SSSR count). The zero-order valence-corrected chi connectivity index (χ0v) is 8.67. The van der Waals surface area contributed by atoms with Crippen LogP contribution < -0.4 is 5.73 Å². The molecule has 2 N–H and O–H groups in total. The molecule has 0 saturated heterocycles. The van der Waals surface area contributed by atoms with Gasteiger partial charge in [0, 0.05) is 12.3 Å². The maximum atomic E-state index is 11.1. The molecule has 0 saturated carbocycles. The second-order valence-corrected chi connectivity index (χ2v) is 4.42. The second kappa shape index (κ2) is 5.00. The number of carbonyl (C=O) groups is 2. The number of hydrogen-bond acceptors (Lipinski definition) is 2. The monoisotopic (exact) mass is 185 g/mol. The van der Waals surface area contributed by atoms with Crippen molar-refractivity contribution in [1.82, 2.24) is 0 Å². The molecule has 13 heavy (non-hydrogen) atoms. The number of rotatable bonds is 5. The number of carbonyl (C=O) groups excluding carboxylic acids is 2. The van der Waals surface area contributed by atoms with Gasteiger partial charge in [0.2, 0.25) is 5.91 Å². The van der Waals surface area contributed by atoms with Crippen molar-refractivity contribution in [3.8, 4) is 0 Å². The van der Waals surface area contributed by atoms with Gasteiger partial charge < -0.3 is 10.5 Å². The lowest BCUT2D eigenvalue weighted by Gasteiger charge is -2.27. The molecule has 3 nitrogen and oxygen atoms in total. The molecule has 0 bridgehead atoms. The van der Waals surface area contributed by atoms with Crippen molar-refractivity contribution >= 4 is 12.2 Å². The largest absolute Gasteiger partial charge is 0.369 e. The zero-order valence-electron chi connectivity index (χ0n) is 8.67. The molecule has 1 amide bonds. The summed E-state index contributed by atoms with van der Waals surface area (Å²) in [4.78, 5) is 21.2. The van der Waals surface area contributed by atoms with Crippen LogP contribution in [0.3, 0.4) is 0 Å². The molecule has 0 aromatic rings.